The molecule has 0 bridgehead atoms. The number of carbonyl (C=O) groups excluding carboxylic acids is 1. The van der Waals surface area contributed by atoms with Crippen LogP contribution in [0.1, 0.15) is 31.7 Å². The second kappa shape index (κ2) is 6.01. The van der Waals surface area contributed by atoms with Crippen LogP contribution in [0.25, 0.3) is 0 Å². The molecule has 1 aromatic rings. The molecule has 1 aliphatic heterocycles. The van der Waals surface area contributed by atoms with Crippen molar-refractivity contribution in [3.8, 4) is 0 Å². The van der Waals surface area contributed by atoms with Gasteiger partial charge in [-0.25, -0.2) is 0 Å². The Morgan fingerprint density at radius 1 is 1.44 bits per heavy atom. The molecule has 0 aromatic heterocycles. The maximum atomic E-state index is 12.3. The van der Waals surface area contributed by atoms with Crippen LogP contribution in [0.5, 0.6) is 0 Å². The van der Waals surface area contributed by atoms with Gasteiger partial charge in [-0.15, -0.1) is 0 Å². The second-order valence-corrected chi connectivity index (χ2v) is 5.03. The van der Waals surface area contributed by atoms with E-state index >= 15 is 0 Å². The third-order valence-corrected chi connectivity index (χ3v) is 3.75. The van der Waals surface area contributed by atoms with E-state index in [1.165, 1.54) is 0 Å². The first-order chi connectivity index (χ1) is 8.72. The molecule has 0 saturated carbocycles. The molecule has 0 spiro atoms. The number of likely N-dealkylation sites (tertiary alicyclic amines) is 1. The van der Waals surface area contributed by atoms with Gasteiger partial charge in [0.25, 0.3) is 0 Å². The minimum Gasteiger partial charge on any atom is -0.338 e. The molecule has 1 aromatic carbocycles. The molecule has 98 valence electrons. The van der Waals surface area contributed by atoms with E-state index in [0.717, 1.165) is 31.4 Å². The van der Waals surface area contributed by atoms with Crippen LogP contribution in [-0.4, -0.2) is 29.4 Å². The van der Waals surface area contributed by atoms with Gasteiger partial charge in [-0.05, 0) is 31.2 Å². The maximum absolute atomic E-state index is 12.3. The SMILES string of the molecule is CCC1CCCN1C(=O)[C@H](N)Cc1ccccc1. The summed E-state index contributed by atoms with van der Waals surface area (Å²) in [5.41, 5.74) is 7.18. The van der Waals surface area contributed by atoms with Gasteiger partial charge in [0.1, 0.15) is 0 Å². The lowest BCUT2D eigenvalue weighted by molar-refractivity contribution is -0.133. The van der Waals surface area contributed by atoms with Crippen LogP contribution < -0.4 is 5.73 Å². The van der Waals surface area contributed by atoms with E-state index in [-0.39, 0.29) is 5.91 Å². The molecular weight excluding hydrogens is 224 g/mol. The monoisotopic (exact) mass is 246 g/mol. The highest BCUT2D eigenvalue weighted by molar-refractivity contribution is 5.82. The van der Waals surface area contributed by atoms with E-state index in [4.69, 9.17) is 5.73 Å². The van der Waals surface area contributed by atoms with E-state index in [1.807, 2.05) is 35.2 Å². The minimum atomic E-state index is -0.403. The Morgan fingerprint density at radius 3 is 2.83 bits per heavy atom. The molecule has 1 heterocycles. The largest absolute Gasteiger partial charge is 0.338 e. The van der Waals surface area contributed by atoms with Gasteiger partial charge in [0.15, 0.2) is 0 Å². The molecule has 1 aliphatic rings. The number of hydrogen-bond donors (Lipinski definition) is 1. The second-order valence-electron chi connectivity index (χ2n) is 5.03. The molecule has 0 radical (unpaired) electrons. The Bertz CT molecular complexity index is 391. The highest BCUT2D eigenvalue weighted by atomic mass is 16.2. The van der Waals surface area contributed by atoms with Crippen molar-refractivity contribution in [3.05, 3.63) is 35.9 Å². The van der Waals surface area contributed by atoms with Gasteiger partial charge < -0.3 is 10.6 Å². The van der Waals surface area contributed by atoms with Gasteiger partial charge in [0.05, 0.1) is 6.04 Å². The van der Waals surface area contributed by atoms with E-state index in [1.54, 1.807) is 0 Å². The summed E-state index contributed by atoms with van der Waals surface area (Å²) < 4.78 is 0. The molecule has 1 fully saturated rings. The molecule has 2 N–H and O–H groups in total. The van der Waals surface area contributed by atoms with Gasteiger partial charge in [-0.3, -0.25) is 4.79 Å². The van der Waals surface area contributed by atoms with E-state index in [9.17, 15) is 4.79 Å². The van der Waals surface area contributed by atoms with Crippen LogP contribution in [0.15, 0.2) is 30.3 Å². The van der Waals surface area contributed by atoms with Crippen molar-refractivity contribution in [1.29, 1.82) is 0 Å². The Labute approximate surface area is 109 Å². The third kappa shape index (κ3) is 2.91. The first-order valence-corrected chi connectivity index (χ1v) is 6.82. The first-order valence-electron chi connectivity index (χ1n) is 6.82. The molecule has 2 rings (SSSR count). The average Bonchev–Trinajstić information content (AvgIpc) is 2.87. The number of amides is 1. The summed E-state index contributed by atoms with van der Waals surface area (Å²) in [6.45, 7) is 3.01. The zero-order chi connectivity index (χ0) is 13.0. The maximum Gasteiger partial charge on any atom is 0.240 e. The Hall–Kier alpha value is -1.35. The number of carbonyl (C=O) groups is 1. The zero-order valence-electron chi connectivity index (χ0n) is 11.0. The van der Waals surface area contributed by atoms with Crippen LogP contribution in [-0.2, 0) is 11.2 Å². The number of nitrogens with zero attached hydrogens (tertiary/aromatic N) is 1. The van der Waals surface area contributed by atoms with Crippen molar-refractivity contribution < 1.29 is 4.79 Å². The summed E-state index contributed by atoms with van der Waals surface area (Å²) in [6.07, 6.45) is 3.90. The van der Waals surface area contributed by atoms with Gasteiger partial charge in [0, 0.05) is 12.6 Å². The average molecular weight is 246 g/mol. The molecule has 3 nitrogen and oxygen atoms in total. The van der Waals surface area contributed by atoms with Crippen LogP contribution >= 0.6 is 0 Å². The lowest BCUT2D eigenvalue weighted by Gasteiger charge is -2.26. The van der Waals surface area contributed by atoms with Crippen molar-refractivity contribution in [2.75, 3.05) is 6.54 Å². The Morgan fingerprint density at radius 2 is 2.17 bits per heavy atom. The van der Waals surface area contributed by atoms with Gasteiger partial charge in [-0.2, -0.15) is 0 Å². The Balaban J connectivity index is 1.96. The van der Waals surface area contributed by atoms with Crippen molar-refractivity contribution in [3.63, 3.8) is 0 Å². The molecule has 2 atom stereocenters. The molecule has 0 aliphatic carbocycles. The third-order valence-electron chi connectivity index (χ3n) is 3.75. The molecule has 1 unspecified atom stereocenters. The highest BCUT2D eigenvalue weighted by Crippen LogP contribution is 2.20. The standard InChI is InChI=1S/C15H22N2O/c1-2-13-9-6-10-17(13)15(18)14(16)11-12-7-4-3-5-8-12/h3-5,7-8,13-14H,2,6,9-11,16H2,1H3/t13?,14-/m1/s1. The Kier molecular flexibility index (Phi) is 4.37. The summed E-state index contributed by atoms with van der Waals surface area (Å²) in [5, 5.41) is 0. The molecule has 1 amide bonds. The van der Waals surface area contributed by atoms with Crippen molar-refractivity contribution in [2.45, 2.75) is 44.7 Å². The fraction of sp³-hybridized carbons (Fsp3) is 0.533. The molecule has 3 heteroatoms. The highest BCUT2D eigenvalue weighted by Gasteiger charge is 2.30. The van der Waals surface area contributed by atoms with Crippen LogP contribution in [0.3, 0.4) is 0 Å². The number of hydrogen-bond acceptors (Lipinski definition) is 2. The van der Waals surface area contributed by atoms with Crippen molar-refractivity contribution in [2.24, 2.45) is 5.73 Å². The summed E-state index contributed by atoms with van der Waals surface area (Å²) in [5.74, 6) is 0.114. The smallest absolute Gasteiger partial charge is 0.240 e. The summed E-state index contributed by atoms with van der Waals surface area (Å²) >= 11 is 0. The molecule has 18 heavy (non-hydrogen) atoms. The predicted octanol–water partition coefficient (Wildman–Crippen LogP) is 1.96. The van der Waals surface area contributed by atoms with E-state index in [0.29, 0.717) is 12.5 Å². The van der Waals surface area contributed by atoms with Gasteiger partial charge in [-0.1, -0.05) is 37.3 Å². The van der Waals surface area contributed by atoms with Gasteiger partial charge >= 0.3 is 0 Å². The summed E-state index contributed by atoms with van der Waals surface area (Å²) in [7, 11) is 0. The van der Waals surface area contributed by atoms with E-state index < -0.39 is 6.04 Å². The fourth-order valence-electron chi connectivity index (χ4n) is 2.72. The van der Waals surface area contributed by atoms with Crippen molar-refractivity contribution >= 4 is 5.91 Å². The lowest BCUT2D eigenvalue weighted by atomic mass is 10.0. The van der Waals surface area contributed by atoms with E-state index in [2.05, 4.69) is 6.92 Å². The van der Waals surface area contributed by atoms with Crippen LogP contribution in [0.2, 0.25) is 0 Å². The lowest BCUT2D eigenvalue weighted by Crippen LogP contribution is -2.46. The normalized spacial score (nSPS) is 21.0. The summed E-state index contributed by atoms with van der Waals surface area (Å²) in [6, 6.07) is 9.99. The predicted molar refractivity (Wildman–Crippen MR) is 73.1 cm³/mol. The van der Waals surface area contributed by atoms with Crippen LogP contribution in [0.4, 0.5) is 0 Å². The molecular formula is C15H22N2O. The minimum absolute atomic E-state index is 0.114. The number of nitrogens with two attached hydrogens (primary N) is 1. The fourth-order valence-corrected chi connectivity index (χ4v) is 2.72. The number of benzene rings is 1. The van der Waals surface area contributed by atoms with Crippen LogP contribution in [0, 0.1) is 0 Å². The topological polar surface area (TPSA) is 46.3 Å². The number of rotatable bonds is 4. The van der Waals surface area contributed by atoms with Gasteiger partial charge in [0.2, 0.25) is 5.91 Å². The van der Waals surface area contributed by atoms with Crippen molar-refractivity contribution in [1.82, 2.24) is 4.90 Å². The first kappa shape index (κ1) is 13.1. The quantitative estimate of drug-likeness (QED) is 0.882. The zero-order valence-corrected chi connectivity index (χ0v) is 11.0. The molecule has 1 saturated heterocycles. The summed E-state index contributed by atoms with van der Waals surface area (Å²) in [4.78, 5) is 14.3.